The molecule has 0 atom stereocenters. The van der Waals surface area contributed by atoms with Crippen molar-refractivity contribution in [3.8, 4) is 0 Å². The van der Waals surface area contributed by atoms with Gasteiger partial charge in [-0.2, -0.15) is 13.2 Å². The number of ketones is 1. The second kappa shape index (κ2) is 5.30. The van der Waals surface area contributed by atoms with E-state index >= 15 is 0 Å². The lowest BCUT2D eigenvalue weighted by molar-refractivity contribution is -0.138. The summed E-state index contributed by atoms with van der Waals surface area (Å²) >= 11 is 0. The summed E-state index contributed by atoms with van der Waals surface area (Å²) in [7, 11) is -4.14. The van der Waals surface area contributed by atoms with Gasteiger partial charge in [0.15, 0.2) is 0 Å². The summed E-state index contributed by atoms with van der Waals surface area (Å²) in [5.41, 5.74) is -1.41. The number of hydrogen-bond acceptors (Lipinski definition) is 3. The van der Waals surface area contributed by atoms with Gasteiger partial charge < -0.3 is 0 Å². The van der Waals surface area contributed by atoms with Gasteiger partial charge in [0.05, 0.1) is 17.0 Å². The van der Waals surface area contributed by atoms with Crippen molar-refractivity contribution in [1.29, 1.82) is 0 Å². The molecule has 1 rings (SSSR count). The molecule has 0 aliphatic heterocycles. The van der Waals surface area contributed by atoms with Gasteiger partial charge in [-0.15, -0.1) is 0 Å². The van der Waals surface area contributed by atoms with Crippen LogP contribution in [0.3, 0.4) is 0 Å². The molecular weight excluding hydrogens is 283 g/mol. The Bertz CT molecular complexity index is 594. The molecule has 0 aromatic heterocycles. The first kappa shape index (κ1) is 15.6. The topological polar surface area (TPSA) is 63.2 Å². The zero-order valence-corrected chi connectivity index (χ0v) is 11.0. The van der Waals surface area contributed by atoms with E-state index in [4.69, 9.17) is 0 Å². The number of hydrogen-bond donors (Lipinski definition) is 1. The van der Waals surface area contributed by atoms with E-state index < -0.39 is 44.5 Å². The van der Waals surface area contributed by atoms with E-state index in [1.165, 1.54) is 6.92 Å². The summed E-state index contributed by atoms with van der Waals surface area (Å²) in [4.78, 5) is 10.2. The monoisotopic (exact) mass is 295 g/mol. The molecule has 0 spiro atoms. The van der Waals surface area contributed by atoms with Crippen molar-refractivity contribution in [3.05, 3.63) is 29.3 Å². The number of carbonyl (C=O) groups excluding carboxylic acids is 1. The zero-order valence-electron chi connectivity index (χ0n) is 10.2. The SMILES string of the molecule is CC(=O)CNS(=O)(=O)c1cccc(C(F)(F)F)c1C. The molecule has 0 aliphatic carbocycles. The van der Waals surface area contributed by atoms with Gasteiger partial charge >= 0.3 is 6.18 Å². The zero-order chi connectivity index (χ0) is 14.8. The molecule has 0 saturated carbocycles. The second-order valence-electron chi connectivity index (χ2n) is 3.95. The molecule has 1 aromatic carbocycles. The maximum absolute atomic E-state index is 12.7. The summed E-state index contributed by atoms with van der Waals surface area (Å²) in [5, 5.41) is 0. The number of halogens is 3. The third-order valence-corrected chi connectivity index (χ3v) is 3.94. The number of rotatable bonds is 4. The van der Waals surface area contributed by atoms with Crippen molar-refractivity contribution >= 4 is 15.8 Å². The number of carbonyl (C=O) groups is 1. The largest absolute Gasteiger partial charge is 0.416 e. The van der Waals surface area contributed by atoms with Crippen molar-refractivity contribution in [1.82, 2.24) is 4.72 Å². The Kier molecular flexibility index (Phi) is 4.36. The van der Waals surface area contributed by atoms with Crippen LogP contribution >= 0.6 is 0 Å². The maximum Gasteiger partial charge on any atom is 0.416 e. The minimum Gasteiger partial charge on any atom is -0.299 e. The summed E-state index contributed by atoms with van der Waals surface area (Å²) in [6.07, 6.45) is -4.63. The highest BCUT2D eigenvalue weighted by molar-refractivity contribution is 7.89. The molecule has 0 bridgehead atoms. The van der Waals surface area contributed by atoms with Crippen LogP contribution in [0, 0.1) is 6.92 Å². The molecular formula is C11H12F3NO3S. The van der Waals surface area contributed by atoms with Crippen LogP contribution in [-0.4, -0.2) is 20.7 Å². The van der Waals surface area contributed by atoms with Gasteiger partial charge in [-0.1, -0.05) is 6.07 Å². The Morgan fingerprint density at radius 2 is 1.89 bits per heavy atom. The first-order valence-corrected chi connectivity index (χ1v) is 6.70. The molecule has 4 nitrogen and oxygen atoms in total. The van der Waals surface area contributed by atoms with Crippen molar-refractivity contribution < 1.29 is 26.4 Å². The van der Waals surface area contributed by atoms with Crippen LogP contribution in [0.1, 0.15) is 18.1 Å². The smallest absolute Gasteiger partial charge is 0.299 e. The number of nitrogens with one attached hydrogen (secondary N) is 1. The van der Waals surface area contributed by atoms with Crippen LogP contribution < -0.4 is 4.72 Å². The third kappa shape index (κ3) is 3.77. The minimum atomic E-state index is -4.63. The number of sulfonamides is 1. The van der Waals surface area contributed by atoms with Gasteiger partial charge in [-0.25, -0.2) is 13.1 Å². The fourth-order valence-corrected chi connectivity index (χ4v) is 2.81. The standard InChI is InChI=1S/C11H12F3NO3S/c1-7(16)6-15-19(17,18)10-5-3-4-9(8(10)2)11(12,13)14/h3-5,15H,6H2,1-2H3. The van der Waals surface area contributed by atoms with E-state index in [0.717, 1.165) is 25.1 Å². The Hall–Kier alpha value is -1.41. The van der Waals surface area contributed by atoms with Crippen molar-refractivity contribution in [2.24, 2.45) is 0 Å². The lowest BCUT2D eigenvalue weighted by Gasteiger charge is -2.14. The first-order chi connectivity index (χ1) is 8.55. The van der Waals surface area contributed by atoms with Crippen LogP contribution in [0.25, 0.3) is 0 Å². The first-order valence-electron chi connectivity index (χ1n) is 5.21. The van der Waals surface area contributed by atoms with Gasteiger partial charge in [-0.05, 0) is 31.5 Å². The average Bonchev–Trinajstić information content (AvgIpc) is 2.25. The Balaban J connectivity index is 3.26. The highest BCUT2D eigenvalue weighted by Gasteiger charge is 2.34. The summed E-state index contributed by atoms with van der Waals surface area (Å²) in [6.45, 7) is 1.78. The normalized spacial score (nSPS) is 12.5. The van der Waals surface area contributed by atoms with Gasteiger partial charge in [0.2, 0.25) is 10.0 Å². The number of benzene rings is 1. The fourth-order valence-electron chi connectivity index (χ4n) is 1.49. The Morgan fingerprint density at radius 3 is 2.37 bits per heavy atom. The predicted molar refractivity (Wildman–Crippen MR) is 62.1 cm³/mol. The summed E-state index contributed by atoms with van der Waals surface area (Å²) in [6, 6.07) is 2.88. The van der Waals surface area contributed by atoms with Crippen molar-refractivity contribution in [2.45, 2.75) is 24.9 Å². The van der Waals surface area contributed by atoms with Crippen LogP contribution in [0.15, 0.2) is 23.1 Å². The van der Waals surface area contributed by atoms with Gasteiger partial charge in [0.25, 0.3) is 0 Å². The highest BCUT2D eigenvalue weighted by atomic mass is 32.2. The van der Waals surface area contributed by atoms with E-state index in [0.29, 0.717) is 0 Å². The van der Waals surface area contributed by atoms with E-state index in [-0.39, 0.29) is 0 Å². The summed E-state index contributed by atoms with van der Waals surface area (Å²) < 4.78 is 63.5. The molecule has 0 fully saturated rings. The number of alkyl halides is 3. The highest BCUT2D eigenvalue weighted by Crippen LogP contribution is 2.33. The molecule has 0 heterocycles. The molecule has 0 aliphatic rings. The van der Waals surface area contributed by atoms with E-state index in [9.17, 15) is 26.4 Å². The van der Waals surface area contributed by atoms with E-state index in [2.05, 4.69) is 0 Å². The number of Topliss-reactive ketones (excluding diaryl/α,β-unsaturated/α-hetero) is 1. The van der Waals surface area contributed by atoms with Gasteiger partial charge in [0, 0.05) is 0 Å². The van der Waals surface area contributed by atoms with Gasteiger partial charge in [0.1, 0.15) is 5.78 Å². The predicted octanol–water partition coefficient (Wildman–Crippen LogP) is 1.88. The van der Waals surface area contributed by atoms with Gasteiger partial charge in [-0.3, -0.25) is 4.79 Å². The summed E-state index contributed by atoms with van der Waals surface area (Å²) in [5.74, 6) is -0.437. The fraction of sp³-hybridized carbons (Fsp3) is 0.364. The molecule has 1 aromatic rings. The van der Waals surface area contributed by atoms with E-state index in [1.54, 1.807) is 0 Å². The Morgan fingerprint density at radius 1 is 1.32 bits per heavy atom. The van der Waals surface area contributed by atoms with Crippen LogP contribution in [0.4, 0.5) is 13.2 Å². The van der Waals surface area contributed by atoms with Crippen LogP contribution in [0.2, 0.25) is 0 Å². The van der Waals surface area contributed by atoms with Crippen LogP contribution in [-0.2, 0) is 21.0 Å². The lowest BCUT2D eigenvalue weighted by atomic mass is 10.1. The molecule has 0 radical (unpaired) electrons. The molecule has 106 valence electrons. The van der Waals surface area contributed by atoms with Crippen molar-refractivity contribution in [2.75, 3.05) is 6.54 Å². The quantitative estimate of drug-likeness (QED) is 0.922. The molecule has 19 heavy (non-hydrogen) atoms. The van der Waals surface area contributed by atoms with Crippen LogP contribution in [0.5, 0.6) is 0 Å². The minimum absolute atomic E-state index is 0.397. The molecule has 0 unspecified atom stereocenters. The third-order valence-electron chi connectivity index (χ3n) is 2.39. The average molecular weight is 295 g/mol. The van der Waals surface area contributed by atoms with Crippen molar-refractivity contribution in [3.63, 3.8) is 0 Å². The lowest BCUT2D eigenvalue weighted by Crippen LogP contribution is -2.29. The maximum atomic E-state index is 12.7. The van der Waals surface area contributed by atoms with E-state index in [1.807, 2.05) is 4.72 Å². The molecule has 0 amide bonds. The Labute approximate surface area is 108 Å². The molecule has 8 heteroatoms. The molecule has 1 N–H and O–H groups in total. The molecule has 0 saturated heterocycles. The second-order valence-corrected chi connectivity index (χ2v) is 5.69.